The molecule has 3 aromatic rings. The van der Waals surface area contributed by atoms with Crippen molar-refractivity contribution in [2.75, 3.05) is 0 Å². The molecular formula is C30H38N4O5. The topological polar surface area (TPSA) is 126 Å². The van der Waals surface area contributed by atoms with Gasteiger partial charge in [-0.3, -0.25) is 14.4 Å². The first kappa shape index (κ1) is 27.0. The van der Waals surface area contributed by atoms with Crippen LogP contribution in [0.25, 0.3) is 22.4 Å². The largest absolute Gasteiger partial charge is 0.481 e. The number of aromatic nitrogens is 2. The van der Waals surface area contributed by atoms with E-state index < -0.39 is 11.4 Å². The van der Waals surface area contributed by atoms with Gasteiger partial charge in [-0.25, -0.2) is 4.98 Å². The molecule has 0 radical (unpaired) electrons. The number of fused-ring (bicyclic) bond motifs is 1. The number of amides is 2. The van der Waals surface area contributed by atoms with E-state index in [4.69, 9.17) is 14.5 Å². The zero-order valence-corrected chi connectivity index (χ0v) is 22.7. The summed E-state index contributed by atoms with van der Waals surface area (Å²) in [5, 5.41) is 15.2. The lowest BCUT2D eigenvalue weighted by Crippen LogP contribution is -2.47. The van der Waals surface area contributed by atoms with Gasteiger partial charge < -0.3 is 24.7 Å². The van der Waals surface area contributed by atoms with E-state index in [0.717, 1.165) is 60.9 Å². The van der Waals surface area contributed by atoms with Crippen LogP contribution in [0.3, 0.4) is 0 Å². The summed E-state index contributed by atoms with van der Waals surface area (Å²) in [7, 11) is 0. The van der Waals surface area contributed by atoms with Crippen LogP contribution >= 0.6 is 0 Å². The lowest BCUT2D eigenvalue weighted by molar-refractivity contribution is -0.144. The van der Waals surface area contributed by atoms with Crippen molar-refractivity contribution in [1.29, 1.82) is 0 Å². The molecule has 39 heavy (non-hydrogen) atoms. The maximum atomic E-state index is 13.2. The van der Waals surface area contributed by atoms with E-state index in [9.17, 15) is 14.4 Å². The number of rotatable bonds is 8. The quantitative estimate of drug-likeness (QED) is 0.352. The minimum atomic E-state index is -0.988. The van der Waals surface area contributed by atoms with Crippen molar-refractivity contribution in [2.24, 2.45) is 5.41 Å². The van der Waals surface area contributed by atoms with Gasteiger partial charge in [0.1, 0.15) is 12.1 Å². The molecule has 9 heteroatoms. The molecule has 2 aliphatic rings. The summed E-state index contributed by atoms with van der Waals surface area (Å²) in [5.74, 6) is -0.467. The smallest absolute Gasteiger partial charge is 0.304 e. The molecular weight excluding hydrogens is 496 g/mol. The number of carbonyl (C=O) groups excluding carboxylic acids is 2. The van der Waals surface area contributed by atoms with Crippen LogP contribution < -0.4 is 10.6 Å². The molecule has 3 N–H and O–H groups in total. The Morgan fingerprint density at radius 1 is 1.00 bits per heavy atom. The van der Waals surface area contributed by atoms with E-state index in [0.29, 0.717) is 11.6 Å². The van der Waals surface area contributed by atoms with Crippen molar-refractivity contribution < 1.29 is 23.9 Å². The second kappa shape index (κ2) is 11.2. The Bertz CT molecular complexity index is 1330. The third-order valence-corrected chi connectivity index (χ3v) is 8.28. The highest BCUT2D eigenvalue weighted by Crippen LogP contribution is 2.36. The molecule has 2 fully saturated rings. The Kier molecular flexibility index (Phi) is 7.77. The third kappa shape index (κ3) is 6.02. The number of imidazole rings is 1. The van der Waals surface area contributed by atoms with Crippen molar-refractivity contribution in [3.63, 3.8) is 0 Å². The highest BCUT2D eigenvalue weighted by atomic mass is 16.4. The van der Waals surface area contributed by atoms with Gasteiger partial charge in [0, 0.05) is 23.7 Å². The highest BCUT2D eigenvalue weighted by molar-refractivity contribution is 5.98. The van der Waals surface area contributed by atoms with Crippen LogP contribution in [0.1, 0.15) is 94.5 Å². The summed E-state index contributed by atoms with van der Waals surface area (Å²) in [5.41, 5.74) is 2.41. The molecule has 208 valence electrons. The Morgan fingerprint density at radius 3 is 2.33 bits per heavy atom. The van der Waals surface area contributed by atoms with Gasteiger partial charge in [0.25, 0.3) is 5.91 Å². The van der Waals surface area contributed by atoms with Gasteiger partial charge in [0.15, 0.2) is 0 Å². The number of carboxylic acids is 1. The lowest BCUT2D eigenvalue weighted by Gasteiger charge is -2.32. The van der Waals surface area contributed by atoms with E-state index in [1.807, 2.05) is 24.3 Å². The number of carboxylic acid groups (broad SMARTS) is 1. The maximum Gasteiger partial charge on any atom is 0.304 e. The van der Waals surface area contributed by atoms with Crippen LogP contribution in [0.15, 0.2) is 41.2 Å². The van der Waals surface area contributed by atoms with Gasteiger partial charge in [0.05, 0.1) is 34.7 Å². The first-order chi connectivity index (χ1) is 18.7. The first-order valence-electron chi connectivity index (χ1n) is 14.1. The molecule has 9 nitrogen and oxygen atoms in total. The van der Waals surface area contributed by atoms with E-state index in [1.165, 1.54) is 19.3 Å². The van der Waals surface area contributed by atoms with Crippen LogP contribution in [0.4, 0.5) is 0 Å². The van der Waals surface area contributed by atoms with E-state index >= 15 is 0 Å². The molecule has 0 atom stereocenters. The van der Waals surface area contributed by atoms with Gasteiger partial charge >= 0.3 is 5.97 Å². The molecule has 2 aliphatic carbocycles. The summed E-state index contributed by atoms with van der Waals surface area (Å²) >= 11 is 0. The zero-order chi connectivity index (χ0) is 27.6. The number of nitrogens with one attached hydrogen (secondary N) is 2. The van der Waals surface area contributed by atoms with Crippen molar-refractivity contribution >= 4 is 28.8 Å². The van der Waals surface area contributed by atoms with Crippen LogP contribution in [0.5, 0.6) is 0 Å². The van der Waals surface area contributed by atoms with Crippen molar-refractivity contribution in [3.8, 4) is 11.4 Å². The van der Waals surface area contributed by atoms with Gasteiger partial charge in [0.2, 0.25) is 5.91 Å². The Hall–Kier alpha value is -3.62. The Morgan fingerprint density at radius 2 is 1.69 bits per heavy atom. The lowest BCUT2D eigenvalue weighted by atomic mass is 9.86. The fourth-order valence-corrected chi connectivity index (χ4v) is 6.03. The summed E-state index contributed by atoms with van der Waals surface area (Å²) in [6.07, 6.45) is 12.1. The Labute approximate surface area is 228 Å². The average Bonchev–Trinajstić information content (AvgIpc) is 3.57. The second-order valence-corrected chi connectivity index (χ2v) is 11.8. The van der Waals surface area contributed by atoms with Gasteiger partial charge in [-0.15, -0.1) is 0 Å². The van der Waals surface area contributed by atoms with Crippen molar-refractivity contribution in [3.05, 3.63) is 42.4 Å². The predicted octanol–water partition coefficient (Wildman–Crippen LogP) is 5.46. The van der Waals surface area contributed by atoms with Gasteiger partial charge in [-0.2, -0.15) is 0 Å². The maximum absolute atomic E-state index is 13.2. The molecule has 1 aromatic carbocycles. The number of furan rings is 1. The first-order valence-corrected chi connectivity index (χ1v) is 14.1. The molecule has 2 saturated carbocycles. The number of carbonyl (C=O) groups is 3. The third-order valence-electron chi connectivity index (χ3n) is 8.28. The molecule has 0 bridgehead atoms. The van der Waals surface area contributed by atoms with Crippen molar-refractivity contribution in [2.45, 2.75) is 96.2 Å². The van der Waals surface area contributed by atoms with Crippen LogP contribution in [-0.4, -0.2) is 44.5 Å². The highest BCUT2D eigenvalue weighted by Gasteiger charge is 2.33. The SMILES string of the molecule is CC(C)(CC(=O)O)C(=O)NC1CCC(NC(=O)c2ccc3c(c2)nc(-c2ccoc2)n3C2CCCCC2)CC1. The minimum absolute atomic E-state index is 0.0137. The van der Waals surface area contributed by atoms with Gasteiger partial charge in [-0.1, -0.05) is 33.1 Å². The van der Waals surface area contributed by atoms with Crippen LogP contribution in [-0.2, 0) is 9.59 Å². The summed E-state index contributed by atoms with van der Waals surface area (Å²) in [6.45, 7) is 3.30. The molecule has 2 aromatic heterocycles. The second-order valence-electron chi connectivity index (χ2n) is 11.8. The van der Waals surface area contributed by atoms with Gasteiger partial charge in [-0.05, 0) is 62.8 Å². The number of aliphatic carboxylic acids is 1. The standard InChI is InChI=1S/C30H38N4O5/c1-30(2,17-26(35)36)29(38)32-22-11-9-21(10-12-22)31-28(37)19-8-13-25-24(16-19)33-27(20-14-15-39-18-20)34(25)23-6-4-3-5-7-23/h8,13-16,18,21-23H,3-7,9-12,17H2,1-2H3,(H,31,37)(H,32,38)(H,35,36). The van der Waals surface area contributed by atoms with E-state index in [1.54, 1.807) is 26.4 Å². The molecule has 0 spiro atoms. The van der Waals surface area contributed by atoms with Crippen LogP contribution in [0.2, 0.25) is 0 Å². The normalized spacial score (nSPS) is 20.6. The fourth-order valence-electron chi connectivity index (χ4n) is 6.03. The number of nitrogens with zero attached hydrogens (tertiary/aromatic N) is 2. The fraction of sp³-hybridized carbons (Fsp3) is 0.533. The number of benzene rings is 1. The van der Waals surface area contributed by atoms with Crippen molar-refractivity contribution in [1.82, 2.24) is 20.2 Å². The summed E-state index contributed by atoms with van der Waals surface area (Å²) in [6, 6.07) is 8.10. The Balaban J connectivity index is 1.24. The number of hydrogen-bond donors (Lipinski definition) is 3. The molecule has 2 heterocycles. The molecule has 0 aliphatic heterocycles. The van der Waals surface area contributed by atoms with E-state index in [2.05, 4.69) is 15.2 Å². The molecule has 0 saturated heterocycles. The molecule has 0 unspecified atom stereocenters. The summed E-state index contributed by atoms with van der Waals surface area (Å²) < 4.78 is 7.68. The molecule has 2 amide bonds. The minimum Gasteiger partial charge on any atom is -0.481 e. The average molecular weight is 535 g/mol. The van der Waals surface area contributed by atoms with Crippen LogP contribution in [0, 0.1) is 5.41 Å². The number of hydrogen-bond acceptors (Lipinski definition) is 5. The predicted molar refractivity (Wildman–Crippen MR) is 147 cm³/mol. The summed E-state index contributed by atoms with van der Waals surface area (Å²) in [4.78, 5) is 41.8. The molecule has 5 rings (SSSR count). The zero-order valence-electron chi connectivity index (χ0n) is 22.7. The van der Waals surface area contributed by atoms with E-state index in [-0.39, 0.29) is 30.3 Å². The monoisotopic (exact) mass is 534 g/mol.